The molecule has 2 aliphatic heterocycles. The fourth-order valence-electron chi connectivity index (χ4n) is 2.42. The summed E-state index contributed by atoms with van der Waals surface area (Å²) < 4.78 is 0. The molecule has 0 spiro atoms. The van der Waals surface area contributed by atoms with E-state index in [-0.39, 0.29) is 19.3 Å². The first-order valence-corrected chi connectivity index (χ1v) is 7.05. The molecule has 8 heteroatoms. The van der Waals surface area contributed by atoms with Gasteiger partial charge in [0.15, 0.2) is 0 Å². The van der Waals surface area contributed by atoms with E-state index in [4.69, 9.17) is 4.84 Å². The minimum atomic E-state index is -0.824. The molecule has 0 N–H and O–H groups in total. The van der Waals surface area contributed by atoms with E-state index in [9.17, 15) is 24.0 Å². The monoisotopic (exact) mass is 308 g/mol. The van der Waals surface area contributed by atoms with Crippen LogP contribution in [0.4, 0.5) is 0 Å². The van der Waals surface area contributed by atoms with Gasteiger partial charge >= 0.3 is 5.97 Å². The quantitative estimate of drug-likeness (QED) is 0.644. The van der Waals surface area contributed by atoms with Crippen molar-refractivity contribution in [2.24, 2.45) is 0 Å². The lowest BCUT2D eigenvalue weighted by Gasteiger charge is -2.25. The van der Waals surface area contributed by atoms with Gasteiger partial charge in [0.2, 0.25) is 0 Å². The Labute approximate surface area is 126 Å². The molecular formula is C14H16N2O6. The molecule has 1 unspecified atom stereocenters. The Morgan fingerprint density at radius 2 is 1.68 bits per heavy atom. The van der Waals surface area contributed by atoms with Gasteiger partial charge in [-0.25, -0.2) is 4.79 Å². The Balaban J connectivity index is 2.00. The Hall–Kier alpha value is -2.51. The molecule has 118 valence electrons. The molecule has 1 fully saturated rings. The first kappa shape index (κ1) is 15.9. The van der Waals surface area contributed by atoms with Gasteiger partial charge in [-0.1, -0.05) is 13.3 Å². The van der Waals surface area contributed by atoms with Crippen LogP contribution in [-0.2, 0) is 28.8 Å². The van der Waals surface area contributed by atoms with Crippen LogP contribution in [0.5, 0.6) is 0 Å². The molecule has 1 atom stereocenters. The Bertz CT molecular complexity index is 534. The summed E-state index contributed by atoms with van der Waals surface area (Å²) in [7, 11) is 0. The summed E-state index contributed by atoms with van der Waals surface area (Å²) >= 11 is 0. The van der Waals surface area contributed by atoms with E-state index in [1.807, 2.05) is 6.92 Å². The molecule has 2 heterocycles. The van der Waals surface area contributed by atoms with E-state index in [1.54, 1.807) is 0 Å². The van der Waals surface area contributed by atoms with Crippen LogP contribution in [0, 0.1) is 0 Å². The second-order valence-corrected chi connectivity index (χ2v) is 5.07. The number of carbonyl (C=O) groups is 5. The normalized spacial score (nSPS) is 19.3. The lowest BCUT2D eigenvalue weighted by Crippen LogP contribution is -2.42. The zero-order valence-electron chi connectivity index (χ0n) is 12.1. The maximum absolute atomic E-state index is 11.9. The van der Waals surface area contributed by atoms with Gasteiger partial charge in [-0.15, -0.1) is 5.06 Å². The SMILES string of the molecule is CCCC(CC(=O)ON1C(=O)CCC1=O)N1C(=O)C=CC1=O. The van der Waals surface area contributed by atoms with Gasteiger partial charge in [-0.05, 0) is 6.42 Å². The molecule has 0 saturated carbocycles. The van der Waals surface area contributed by atoms with E-state index in [1.165, 1.54) is 0 Å². The van der Waals surface area contributed by atoms with E-state index >= 15 is 0 Å². The lowest BCUT2D eigenvalue weighted by molar-refractivity contribution is -0.198. The number of hydroxylamine groups is 2. The largest absolute Gasteiger partial charge is 0.335 e. The summed E-state index contributed by atoms with van der Waals surface area (Å²) in [5, 5.41) is 0.456. The molecule has 0 radical (unpaired) electrons. The number of hydrogen-bond acceptors (Lipinski definition) is 6. The van der Waals surface area contributed by atoms with Crippen molar-refractivity contribution in [3.8, 4) is 0 Å². The van der Waals surface area contributed by atoms with Crippen molar-refractivity contribution in [1.82, 2.24) is 9.96 Å². The fourth-order valence-corrected chi connectivity index (χ4v) is 2.42. The molecule has 0 aromatic carbocycles. The topological polar surface area (TPSA) is 101 Å². The number of nitrogens with zero attached hydrogens (tertiary/aromatic N) is 2. The van der Waals surface area contributed by atoms with Crippen molar-refractivity contribution in [2.45, 2.75) is 45.1 Å². The highest BCUT2D eigenvalue weighted by Gasteiger charge is 2.36. The second kappa shape index (κ2) is 6.50. The van der Waals surface area contributed by atoms with Gasteiger partial charge in [-0.3, -0.25) is 24.1 Å². The predicted molar refractivity (Wildman–Crippen MR) is 71.5 cm³/mol. The molecule has 0 aromatic heterocycles. The van der Waals surface area contributed by atoms with E-state index < -0.39 is 35.6 Å². The molecule has 1 saturated heterocycles. The van der Waals surface area contributed by atoms with Crippen molar-refractivity contribution in [2.75, 3.05) is 0 Å². The van der Waals surface area contributed by atoms with Crippen LogP contribution in [0.1, 0.15) is 39.0 Å². The van der Waals surface area contributed by atoms with Crippen LogP contribution in [-0.4, -0.2) is 45.6 Å². The van der Waals surface area contributed by atoms with Crippen molar-refractivity contribution >= 4 is 29.6 Å². The van der Waals surface area contributed by atoms with Crippen LogP contribution in [0.15, 0.2) is 12.2 Å². The highest BCUT2D eigenvalue weighted by atomic mass is 16.7. The number of rotatable bonds is 6. The first-order chi connectivity index (χ1) is 10.4. The minimum absolute atomic E-state index is 0.0114. The fraction of sp³-hybridized carbons (Fsp3) is 0.500. The Kier molecular flexibility index (Phi) is 4.69. The molecule has 0 aliphatic carbocycles. The number of hydrogen-bond donors (Lipinski definition) is 0. The second-order valence-electron chi connectivity index (χ2n) is 5.07. The van der Waals surface area contributed by atoms with Gasteiger partial charge in [0, 0.05) is 25.0 Å². The van der Waals surface area contributed by atoms with Gasteiger partial charge in [-0.2, -0.15) is 0 Å². The Morgan fingerprint density at radius 1 is 1.14 bits per heavy atom. The molecule has 4 amide bonds. The molecule has 8 nitrogen and oxygen atoms in total. The Morgan fingerprint density at radius 3 is 2.18 bits per heavy atom. The van der Waals surface area contributed by atoms with Crippen molar-refractivity contribution < 1.29 is 28.8 Å². The van der Waals surface area contributed by atoms with Crippen LogP contribution in [0.3, 0.4) is 0 Å². The highest BCUT2D eigenvalue weighted by Crippen LogP contribution is 2.19. The van der Waals surface area contributed by atoms with Crippen LogP contribution in [0.2, 0.25) is 0 Å². The zero-order chi connectivity index (χ0) is 16.3. The maximum Gasteiger partial charge on any atom is 0.335 e. The summed E-state index contributed by atoms with van der Waals surface area (Å²) in [6.45, 7) is 1.85. The summed E-state index contributed by atoms with van der Waals surface area (Å²) in [4.78, 5) is 63.8. The van der Waals surface area contributed by atoms with Gasteiger partial charge < -0.3 is 4.84 Å². The van der Waals surface area contributed by atoms with Crippen molar-refractivity contribution in [3.05, 3.63) is 12.2 Å². The molecule has 0 bridgehead atoms. The van der Waals surface area contributed by atoms with E-state index in [2.05, 4.69) is 0 Å². The van der Waals surface area contributed by atoms with Crippen molar-refractivity contribution in [1.29, 1.82) is 0 Å². The molecule has 2 aliphatic rings. The minimum Gasteiger partial charge on any atom is -0.330 e. The maximum atomic E-state index is 11.9. The van der Waals surface area contributed by atoms with Crippen LogP contribution in [0.25, 0.3) is 0 Å². The van der Waals surface area contributed by atoms with Crippen LogP contribution < -0.4 is 0 Å². The third-order valence-corrected chi connectivity index (χ3v) is 3.43. The summed E-state index contributed by atoms with van der Waals surface area (Å²) in [5.74, 6) is -2.93. The van der Waals surface area contributed by atoms with Gasteiger partial charge in [0.25, 0.3) is 23.6 Å². The predicted octanol–water partition coefficient (Wildman–Crippen LogP) is 0.0774. The van der Waals surface area contributed by atoms with Crippen LogP contribution >= 0.6 is 0 Å². The summed E-state index contributed by atoms with van der Waals surface area (Å²) in [6, 6.07) is -0.652. The molecule has 22 heavy (non-hydrogen) atoms. The number of amides is 4. The standard InChI is InChI=1S/C14H16N2O6/c1-2-3-9(15-10(17)4-5-11(15)18)8-14(21)22-16-12(19)6-7-13(16)20/h4-5,9H,2-3,6-8H2,1H3. The molecule has 2 rings (SSSR count). The average Bonchev–Trinajstić information content (AvgIpc) is 2.95. The molecular weight excluding hydrogens is 292 g/mol. The number of imide groups is 2. The summed E-state index contributed by atoms with van der Waals surface area (Å²) in [6.07, 6.45) is 3.12. The number of carbonyl (C=O) groups excluding carboxylic acids is 5. The summed E-state index contributed by atoms with van der Waals surface area (Å²) in [5.41, 5.74) is 0. The zero-order valence-corrected chi connectivity index (χ0v) is 12.1. The smallest absolute Gasteiger partial charge is 0.330 e. The lowest BCUT2D eigenvalue weighted by atomic mass is 10.1. The third-order valence-electron chi connectivity index (χ3n) is 3.43. The first-order valence-electron chi connectivity index (χ1n) is 7.05. The van der Waals surface area contributed by atoms with Gasteiger partial charge in [0.05, 0.1) is 12.5 Å². The van der Waals surface area contributed by atoms with E-state index in [0.717, 1.165) is 17.1 Å². The third kappa shape index (κ3) is 3.21. The van der Waals surface area contributed by atoms with Crippen molar-refractivity contribution in [3.63, 3.8) is 0 Å². The van der Waals surface area contributed by atoms with E-state index in [0.29, 0.717) is 17.9 Å². The molecule has 0 aromatic rings. The highest BCUT2D eigenvalue weighted by molar-refractivity contribution is 6.13. The average molecular weight is 308 g/mol. The van der Waals surface area contributed by atoms with Gasteiger partial charge in [0.1, 0.15) is 0 Å².